The number of furan rings is 1. The SMILES string of the molecule is Cc1cccc2c(C(=O)O)cc(C=Cc3ccc(-c4ccc([N+](=O)[O-])cc4)o3)nc12. The molecule has 0 radical (unpaired) electrons. The van der Waals surface area contributed by atoms with Crippen molar-refractivity contribution in [3.63, 3.8) is 0 Å². The zero-order chi connectivity index (χ0) is 21.3. The molecule has 2 heterocycles. The van der Waals surface area contributed by atoms with E-state index < -0.39 is 10.9 Å². The predicted octanol–water partition coefficient (Wildman–Crippen LogP) is 5.58. The molecule has 4 aromatic rings. The summed E-state index contributed by atoms with van der Waals surface area (Å²) in [5.74, 6) is 0.103. The van der Waals surface area contributed by atoms with Crippen LogP contribution in [0.25, 0.3) is 34.4 Å². The summed E-state index contributed by atoms with van der Waals surface area (Å²) in [5.41, 5.74) is 2.95. The van der Waals surface area contributed by atoms with Crippen LogP contribution in [0.4, 0.5) is 5.69 Å². The number of carboxylic acid groups (broad SMARTS) is 1. The van der Waals surface area contributed by atoms with E-state index in [1.165, 1.54) is 18.2 Å². The van der Waals surface area contributed by atoms with Crippen molar-refractivity contribution in [1.82, 2.24) is 4.98 Å². The number of carboxylic acids is 1. The summed E-state index contributed by atoms with van der Waals surface area (Å²) in [6.07, 6.45) is 3.39. The van der Waals surface area contributed by atoms with Crippen molar-refractivity contribution in [2.24, 2.45) is 0 Å². The van der Waals surface area contributed by atoms with Crippen LogP contribution in [-0.2, 0) is 0 Å². The van der Waals surface area contributed by atoms with Crippen molar-refractivity contribution in [3.8, 4) is 11.3 Å². The molecule has 7 nitrogen and oxygen atoms in total. The summed E-state index contributed by atoms with van der Waals surface area (Å²) in [4.78, 5) is 26.6. The van der Waals surface area contributed by atoms with E-state index in [0.717, 1.165) is 5.56 Å². The number of rotatable bonds is 5. The molecule has 30 heavy (non-hydrogen) atoms. The van der Waals surface area contributed by atoms with Crippen LogP contribution in [0.5, 0.6) is 0 Å². The Labute approximate surface area is 171 Å². The van der Waals surface area contributed by atoms with Crippen LogP contribution in [0.2, 0.25) is 0 Å². The second-order valence-electron chi connectivity index (χ2n) is 6.71. The molecule has 4 rings (SSSR count). The van der Waals surface area contributed by atoms with Gasteiger partial charge in [0.25, 0.3) is 5.69 Å². The molecule has 0 saturated carbocycles. The minimum Gasteiger partial charge on any atom is -0.478 e. The highest BCUT2D eigenvalue weighted by Crippen LogP contribution is 2.26. The minimum atomic E-state index is -1.01. The first kappa shape index (κ1) is 19.1. The number of aryl methyl sites for hydroxylation is 1. The average molecular weight is 400 g/mol. The summed E-state index contributed by atoms with van der Waals surface area (Å²) in [5, 5.41) is 20.9. The van der Waals surface area contributed by atoms with E-state index in [1.54, 1.807) is 42.5 Å². The largest absolute Gasteiger partial charge is 0.478 e. The number of pyridine rings is 1. The summed E-state index contributed by atoms with van der Waals surface area (Å²) < 4.78 is 5.78. The van der Waals surface area contributed by atoms with Crippen molar-refractivity contribution in [3.05, 3.63) is 93.4 Å². The van der Waals surface area contributed by atoms with E-state index in [1.807, 2.05) is 19.1 Å². The lowest BCUT2D eigenvalue weighted by molar-refractivity contribution is -0.384. The lowest BCUT2D eigenvalue weighted by Gasteiger charge is -2.06. The molecule has 0 fully saturated rings. The highest BCUT2D eigenvalue weighted by molar-refractivity contribution is 6.03. The van der Waals surface area contributed by atoms with E-state index in [4.69, 9.17) is 4.42 Å². The second kappa shape index (κ2) is 7.63. The highest BCUT2D eigenvalue weighted by Gasteiger charge is 2.12. The Morgan fingerprint density at radius 3 is 2.57 bits per heavy atom. The number of para-hydroxylation sites is 1. The van der Waals surface area contributed by atoms with Crippen molar-refractivity contribution in [1.29, 1.82) is 0 Å². The molecule has 0 bridgehead atoms. The van der Waals surface area contributed by atoms with E-state index >= 15 is 0 Å². The van der Waals surface area contributed by atoms with Gasteiger partial charge in [0.15, 0.2) is 0 Å². The van der Waals surface area contributed by atoms with Gasteiger partial charge in [0.2, 0.25) is 0 Å². The van der Waals surface area contributed by atoms with Gasteiger partial charge in [0.05, 0.1) is 21.7 Å². The third kappa shape index (κ3) is 3.68. The monoisotopic (exact) mass is 400 g/mol. The van der Waals surface area contributed by atoms with Crippen LogP contribution in [0, 0.1) is 17.0 Å². The van der Waals surface area contributed by atoms with Crippen LogP contribution < -0.4 is 0 Å². The molecule has 2 aromatic heterocycles. The molecule has 0 aliphatic rings. The fourth-order valence-electron chi connectivity index (χ4n) is 3.19. The van der Waals surface area contributed by atoms with Gasteiger partial charge in [0.1, 0.15) is 11.5 Å². The van der Waals surface area contributed by atoms with Crippen LogP contribution in [0.15, 0.2) is 65.1 Å². The van der Waals surface area contributed by atoms with Crippen LogP contribution in [0.3, 0.4) is 0 Å². The van der Waals surface area contributed by atoms with E-state index in [-0.39, 0.29) is 11.3 Å². The number of non-ortho nitro benzene ring substituents is 1. The molecule has 7 heteroatoms. The normalized spacial score (nSPS) is 11.2. The number of fused-ring (bicyclic) bond motifs is 1. The topological polar surface area (TPSA) is 106 Å². The van der Waals surface area contributed by atoms with Gasteiger partial charge in [0, 0.05) is 23.1 Å². The fraction of sp³-hybridized carbons (Fsp3) is 0.0435. The smallest absolute Gasteiger partial charge is 0.336 e. The van der Waals surface area contributed by atoms with Gasteiger partial charge >= 0.3 is 5.97 Å². The lowest BCUT2D eigenvalue weighted by atomic mass is 10.0. The third-order valence-electron chi connectivity index (χ3n) is 4.70. The average Bonchev–Trinajstić information content (AvgIpc) is 3.21. The first-order valence-electron chi connectivity index (χ1n) is 9.09. The maximum absolute atomic E-state index is 11.7. The number of nitrogens with zero attached hydrogens (tertiary/aromatic N) is 2. The zero-order valence-corrected chi connectivity index (χ0v) is 15.9. The molecule has 0 atom stereocenters. The summed E-state index contributed by atoms with van der Waals surface area (Å²) >= 11 is 0. The molecule has 2 aromatic carbocycles. The Hall–Kier alpha value is -4.26. The van der Waals surface area contributed by atoms with Crippen molar-refractivity contribution in [2.75, 3.05) is 0 Å². The van der Waals surface area contributed by atoms with E-state index in [2.05, 4.69) is 4.98 Å². The van der Waals surface area contributed by atoms with Crippen molar-refractivity contribution < 1.29 is 19.2 Å². The number of hydrogen-bond acceptors (Lipinski definition) is 5. The quantitative estimate of drug-likeness (QED) is 0.346. The number of carbonyl (C=O) groups is 1. The number of nitro groups is 1. The van der Waals surface area contributed by atoms with Crippen LogP contribution in [0.1, 0.15) is 27.4 Å². The van der Waals surface area contributed by atoms with Crippen LogP contribution in [-0.4, -0.2) is 21.0 Å². The summed E-state index contributed by atoms with van der Waals surface area (Å²) in [6, 6.07) is 16.6. The van der Waals surface area contributed by atoms with Crippen molar-refractivity contribution in [2.45, 2.75) is 6.92 Å². The third-order valence-corrected chi connectivity index (χ3v) is 4.70. The molecule has 0 saturated heterocycles. The maximum Gasteiger partial charge on any atom is 0.336 e. The molecular weight excluding hydrogens is 384 g/mol. The molecular formula is C23H16N2O5. The number of aromatic nitrogens is 1. The summed E-state index contributed by atoms with van der Waals surface area (Å²) in [7, 11) is 0. The zero-order valence-electron chi connectivity index (χ0n) is 15.9. The predicted molar refractivity (Wildman–Crippen MR) is 113 cm³/mol. The first-order chi connectivity index (χ1) is 14.4. The van der Waals surface area contributed by atoms with Gasteiger partial charge in [-0.05, 0) is 55.0 Å². The molecule has 1 N–H and O–H groups in total. The Morgan fingerprint density at radius 1 is 1.10 bits per heavy atom. The Kier molecular flexibility index (Phi) is 4.85. The number of nitro benzene ring substituents is 1. The number of benzene rings is 2. The minimum absolute atomic E-state index is 0.0114. The first-order valence-corrected chi connectivity index (χ1v) is 9.09. The Morgan fingerprint density at radius 2 is 1.87 bits per heavy atom. The van der Waals surface area contributed by atoms with Crippen molar-refractivity contribution >= 4 is 34.7 Å². The standard InChI is InChI=1S/C23H16N2O5/c1-14-3-2-4-19-20(23(26)27)13-16(24-22(14)19)7-10-18-11-12-21(30-18)15-5-8-17(9-6-15)25(28)29/h2-13H,1H3,(H,26,27). The van der Waals surface area contributed by atoms with E-state index in [9.17, 15) is 20.0 Å². The second-order valence-corrected chi connectivity index (χ2v) is 6.71. The maximum atomic E-state index is 11.7. The van der Waals surface area contributed by atoms with Gasteiger partial charge in [-0.15, -0.1) is 0 Å². The molecule has 0 amide bonds. The van der Waals surface area contributed by atoms with Crippen LogP contribution >= 0.6 is 0 Å². The number of hydrogen-bond donors (Lipinski definition) is 1. The van der Waals surface area contributed by atoms with Gasteiger partial charge < -0.3 is 9.52 Å². The van der Waals surface area contributed by atoms with Gasteiger partial charge in [-0.1, -0.05) is 18.2 Å². The van der Waals surface area contributed by atoms with Gasteiger partial charge in [-0.2, -0.15) is 0 Å². The fourth-order valence-corrected chi connectivity index (χ4v) is 3.19. The van der Waals surface area contributed by atoms with E-state index in [0.29, 0.717) is 33.7 Å². The number of aromatic carboxylic acids is 1. The van der Waals surface area contributed by atoms with Gasteiger partial charge in [-0.3, -0.25) is 10.1 Å². The van der Waals surface area contributed by atoms with Gasteiger partial charge in [-0.25, -0.2) is 9.78 Å². The molecule has 0 unspecified atom stereocenters. The molecule has 148 valence electrons. The lowest BCUT2D eigenvalue weighted by Crippen LogP contribution is -2.01. The molecule has 0 aliphatic carbocycles. The summed E-state index contributed by atoms with van der Waals surface area (Å²) in [6.45, 7) is 1.89. The molecule has 0 aliphatic heterocycles. The Bertz CT molecular complexity index is 1300. The molecule has 0 spiro atoms. The highest BCUT2D eigenvalue weighted by atomic mass is 16.6. The Balaban J connectivity index is 1.64.